The van der Waals surface area contributed by atoms with Crippen LogP contribution >= 0.6 is 11.6 Å². The van der Waals surface area contributed by atoms with Crippen molar-refractivity contribution in [2.75, 3.05) is 43.9 Å². The van der Waals surface area contributed by atoms with Crippen LogP contribution in [0.2, 0.25) is 5.02 Å². The number of likely N-dealkylation sites (N-methyl/N-ethyl adjacent to an activating group) is 1. The van der Waals surface area contributed by atoms with E-state index in [0.29, 0.717) is 11.9 Å². The van der Waals surface area contributed by atoms with Gasteiger partial charge in [0.05, 0.1) is 17.4 Å². The molecule has 2 aromatic carbocycles. The Morgan fingerprint density at radius 2 is 1.77 bits per heavy atom. The van der Waals surface area contributed by atoms with E-state index in [-0.39, 0.29) is 0 Å². The van der Waals surface area contributed by atoms with E-state index in [9.17, 15) is 0 Å². The molecule has 5 rings (SSSR count). The number of halogens is 1. The second-order valence-electron chi connectivity index (χ2n) is 11.9. The lowest BCUT2D eigenvalue weighted by molar-refractivity contribution is 0.148. The van der Waals surface area contributed by atoms with Crippen molar-refractivity contribution in [2.45, 2.75) is 40.3 Å². The minimum absolute atomic E-state index is 0.506. The van der Waals surface area contributed by atoms with E-state index >= 15 is 0 Å². The summed E-state index contributed by atoms with van der Waals surface area (Å²) >= 11 is 6.68. The molecule has 0 aliphatic carbocycles. The van der Waals surface area contributed by atoms with Crippen molar-refractivity contribution < 1.29 is 0 Å². The number of aromatic nitrogens is 4. The van der Waals surface area contributed by atoms with E-state index in [1.807, 2.05) is 29.9 Å². The Hall–Kier alpha value is -4.16. The topological polar surface area (TPSA) is 74.1 Å². The van der Waals surface area contributed by atoms with Crippen LogP contribution in [-0.4, -0.2) is 62.8 Å². The van der Waals surface area contributed by atoms with Crippen LogP contribution in [0.5, 0.6) is 0 Å². The lowest BCUT2D eigenvalue weighted by Gasteiger charge is -2.32. The Bertz CT molecular complexity index is 1640. The van der Waals surface area contributed by atoms with E-state index in [2.05, 4.69) is 99.1 Å². The molecule has 8 nitrogen and oxygen atoms in total. The normalized spacial score (nSPS) is 13.9. The Balaban J connectivity index is 1.19. The van der Waals surface area contributed by atoms with Crippen LogP contribution in [0.25, 0.3) is 5.70 Å². The molecule has 0 spiro atoms. The van der Waals surface area contributed by atoms with Crippen LogP contribution in [0.1, 0.15) is 48.1 Å². The van der Waals surface area contributed by atoms with Crippen molar-refractivity contribution in [3.8, 4) is 11.8 Å². The van der Waals surface area contributed by atoms with Gasteiger partial charge in [-0.25, -0.2) is 9.97 Å². The fraction of sp³-hybridized carbons (Fsp3) is 0.343. The van der Waals surface area contributed by atoms with Crippen LogP contribution in [0.4, 0.5) is 17.3 Å². The number of hydrogen-bond donors (Lipinski definition) is 2. The molecule has 0 unspecified atom stereocenters. The van der Waals surface area contributed by atoms with Gasteiger partial charge in [0, 0.05) is 79.8 Å². The summed E-state index contributed by atoms with van der Waals surface area (Å²) in [7, 11) is 2.17. The summed E-state index contributed by atoms with van der Waals surface area (Å²) in [6.07, 6.45) is 8.29. The Labute approximate surface area is 266 Å². The molecule has 1 aliphatic heterocycles. The number of piperazine rings is 1. The van der Waals surface area contributed by atoms with Crippen LogP contribution < -0.4 is 10.6 Å². The number of anilines is 3. The average Bonchev–Trinajstić information content (AvgIpc) is 3.46. The smallest absolute Gasteiger partial charge is 0.227 e. The van der Waals surface area contributed by atoms with Crippen LogP contribution in [0.15, 0.2) is 67.8 Å². The quantitative estimate of drug-likeness (QED) is 0.195. The average molecular weight is 609 g/mol. The first-order valence-electron chi connectivity index (χ1n) is 15.1. The molecule has 3 heterocycles. The first kappa shape index (κ1) is 31.3. The second kappa shape index (κ2) is 14.5. The van der Waals surface area contributed by atoms with Gasteiger partial charge in [-0.05, 0) is 61.2 Å². The van der Waals surface area contributed by atoms with E-state index < -0.39 is 0 Å². The molecule has 0 saturated carbocycles. The highest BCUT2D eigenvalue weighted by atomic mass is 35.5. The minimum atomic E-state index is 0.506. The van der Waals surface area contributed by atoms with Gasteiger partial charge in [0.2, 0.25) is 5.95 Å². The van der Waals surface area contributed by atoms with Gasteiger partial charge >= 0.3 is 0 Å². The number of aryl methyl sites for hydroxylation is 2. The number of nitrogens with one attached hydrogen (secondary N) is 2. The van der Waals surface area contributed by atoms with Crippen molar-refractivity contribution in [1.82, 2.24) is 29.5 Å². The van der Waals surface area contributed by atoms with Crippen molar-refractivity contribution in [2.24, 2.45) is 5.92 Å². The van der Waals surface area contributed by atoms with Gasteiger partial charge in [-0.2, -0.15) is 5.10 Å². The molecule has 0 radical (unpaired) electrons. The van der Waals surface area contributed by atoms with Crippen LogP contribution in [0, 0.1) is 24.7 Å². The van der Waals surface area contributed by atoms with Gasteiger partial charge < -0.3 is 15.5 Å². The maximum absolute atomic E-state index is 6.68. The summed E-state index contributed by atoms with van der Waals surface area (Å²) in [5.41, 5.74) is 7.38. The summed E-state index contributed by atoms with van der Waals surface area (Å²) < 4.78 is 1.93. The third-order valence-electron chi connectivity index (χ3n) is 7.74. The largest absolute Gasteiger partial charge is 0.355 e. The number of hydrogen-bond acceptors (Lipinski definition) is 7. The lowest BCUT2D eigenvalue weighted by Crippen LogP contribution is -2.43. The van der Waals surface area contributed by atoms with E-state index in [1.54, 1.807) is 18.6 Å². The molecule has 0 bridgehead atoms. The second-order valence-corrected chi connectivity index (χ2v) is 12.3. The van der Waals surface area contributed by atoms with Crippen molar-refractivity contribution in [3.05, 3.63) is 101 Å². The zero-order chi connectivity index (χ0) is 31.1. The Morgan fingerprint density at radius 3 is 2.50 bits per heavy atom. The molecule has 1 aliphatic rings. The van der Waals surface area contributed by atoms with Gasteiger partial charge in [0.25, 0.3) is 0 Å². The first-order valence-corrected chi connectivity index (χ1v) is 15.5. The maximum Gasteiger partial charge on any atom is 0.227 e. The Morgan fingerprint density at radius 1 is 1.00 bits per heavy atom. The van der Waals surface area contributed by atoms with E-state index in [4.69, 9.17) is 11.6 Å². The summed E-state index contributed by atoms with van der Waals surface area (Å²) in [4.78, 5) is 13.7. The zero-order valence-electron chi connectivity index (χ0n) is 26.1. The minimum Gasteiger partial charge on any atom is -0.355 e. The third kappa shape index (κ3) is 8.70. The summed E-state index contributed by atoms with van der Waals surface area (Å²) in [6.45, 7) is 16.8. The molecule has 1 fully saturated rings. The highest BCUT2D eigenvalue weighted by molar-refractivity contribution is 6.31. The number of benzene rings is 2. The molecule has 9 heteroatoms. The molecule has 0 amide bonds. The fourth-order valence-corrected chi connectivity index (χ4v) is 5.10. The first-order chi connectivity index (χ1) is 21.2. The van der Waals surface area contributed by atoms with Crippen LogP contribution in [-0.2, 0) is 13.1 Å². The van der Waals surface area contributed by atoms with E-state index in [1.165, 1.54) is 0 Å². The van der Waals surface area contributed by atoms with Gasteiger partial charge in [-0.3, -0.25) is 9.58 Å². The van der Waals surface area contributed by atoms with Crippen LogP contribution in [0.3, 0.4) is 0 Å². The molecule has 2 N–H and O–H groups in total. The van der Waals surface area contributed by atoms with Gasteiger partial charge in [0.15, 0.2) is 0 Å². The highest BCUT2D eigenvalue weighted by Gasteiger charge is 2.15. The van der Waals surface area contributed by atoms with Gasteiger partial charge in [-0.15, -0.1) is 0 Å². The van der Waals surface area contributed by atoms with Crippen molar-refractivity contribution >= 4 is 34.6 Å². The monoisotopic (exact) mass is 608 g/mol. The number of rotatable bonds is 10. The molecule has 4 aromatic rings. The van der Waals surface area contributed by atoms with Crippen molar-refractivity contribution in [3.63, 3.8) is 0 Å². The summed E-state index contributed by atoms with van der Waals surface area (Å²) in [6, 6.07) is 12.3. The Kier molecular flexibility index (Phi) is 10.3. The third-order valence-corrected chi connectivity index (χ3v) is 8.09. The molecular weight excluding hydrogens is 568 g/mol. The maximum atomic E-state index is 6.68. The molecular formula is C35H41ClN8. The molecule has 0 atom stereocenters. The standard InChI is InChI=1S/C35H41ClN8/c1-25(2)12-13-44-24-33(22-39-44)41-35-37-20-28(21-38-35)7-9-29-18-30(8-6-26(29)3)27(4)40-32-11-10-31(34(36)19-32)23-43-16-14-42(5)15-17-43/h6,8,10-11,18-22,24-25,40H,4,12-17,23H2,1-3,5H3,(H,37,38,41). The predicted octanol–water partition coefficient (Wildman–Crippen LogP) is 6.65. The van der Waals surface area contributed by atoms with Gasteiger partial charge in [0.1, 0.15) is 0 Å². The van der Waals surface area contributed by atoms with E-state index in [0.717, 1.165) is 95.6 Å². The molecule has 1 saturated heterocycles. The molecule has 228 valence electrons. The van der Waals surface area contributed by atoms with Gasteiger partial charge in [-0.1, -0.05) is 62.1 Å². The number of nitrogens with zero attached hydrogens (tertiary/aromatic N) is 6. The van der Waals surface area contributed by atoms with Crippen molar-refractivity contribution in [1.29, 1.82) is 0 Å². The summed E-state index contributed by atoms with van der Waals surface area (Å²) in [5.74, 6) is 7.62. The lowest BCUT2D eigenvalue weighted by atomic mass is 10.0. The molecule has 44 heavy (non-hydrogen) atoms. The fourth-order valence-electron chi connectivity index (χ4n) is 4.86. The predicted molar refractivity (Wildman–Crippen MR) is 181 cm³/mol. The summed E-state index contributed by atoms with van der Waals surface area (Å²) in [5, 5.41) is 11.8. The zero-order valence-corrected chi connectivity index (χ0v) is 26.8. The molecule has 2 aromatic heterocycles. The SMILES string of the molecule is C=C(Nc1ccc(CN2CCN(C)CC2)c(Cl)c1)c1ccc(C)c(C#Cc2cnc(Nc3cnn(CCC(C)C)c3)nc2)c1. The highest BCUT2D eigenvalue weighted by Crippen LogP contribution is 2.26.